The Kier molecular flexibility index (Phi) is 5.30. The van der Waals surface area contributed by atoms with Crippen LogP contribution in [-0.4, -0.2) is 48.4 Å². The third-order valence-electron chi connectivity index (χ3n) is 5.80. The zero-order valence-corrected chi connectivity index (χ0v) is 15.4. The van der Waals surface area contributed by atoms with Crippen LogP contribution in [0.2, 0.25) is 0 Å². The van der Waals surface area contributed by atoms with E-state index >= 15 is 0 Å². The Morgan fingerprint density at radius 1 is 1.24 bits per heavy atom. The van der Waals surface area contributed by atoms with E-state index < -0.39 is 0 Å². The van der Waals surface area contributed by atoms with Gasteiger partial charge in [0.1, 0.15) is 5.75 Å². The van der Waals surface area contributed by atoms with Crippen molar-refractivity contribution in [1.29, 1.82) is 0 Å². The topological polar surface area (TPSA) is 49.9 Å². The molecule has 1 aromatic carbocycles. The second kappa shape index (κ2) is 7.46. The van der Waals surface area contributed by atoms with Crippen molar-refractivity contribution >= 4 is 11.8 Å². The molecule has 2 amide bonds. The van der Waals surface area contributed by atoms with Crippen molar-refractivity contribution in [3.05, 3.63) is 29.8 Å². The van der Waals surface area contributed by atoms with E-state index in [0.717, 1.165) is 24.2 Å². The molecule has 1 aliphatic heterocycles. The van der Waals surface area contributed by atoms with Crippen molar-refractivity contribution in [2.24, 2.45) is 5.92 Å². The number of hydrogen-bond donors (Lipinski definition) is 0. The molecule has 2 unspecified atom stereocenters. The van der Waals surface area contributed by atoms with Gasteiger partial charge in [-0.1, -0.05) is 25.0 Å². The van der Waals surface area contributed by atoms with Crippen LogP contribution >= 0.6 is 0 Å². The van der Waals surface area contributed by atoms with Crippen molar-refractivity contribution in [3.63, 3.8) is 0 Å². The molecular weight excluding hydrogens is 316 g/mol. The van der Waals surface area contributed by atoms with E-state index in [1.54, 1.807) is 12.0 Å². The largest absolute Gasteiger partial charge is 0.497 e. The minimum atomic E-state index is -0.209. The Labute approximate surface area is 149 Å². The molecule has 0 N–H and O–H groups in total. The predicted molar refractivity (Wildman–Crippen MR) is 96.3 cm³/mol. The normalized spacial score (nSPS) is 22.3. The molecule has 1 saturated carbocycles. The number of rotatable bonds is 5. The van der Waals surface area contributed by atoms with Crippen molar-refractivity contribution < 1.29 is 14.3 Å². The Morgan fingerprint density at radius 2 is 1.88 bits per heavy atom. The quantitative estimate of drug-likeness (QED) is 0.825. The first-order chi connectivity index (χ1) is 12.0. The maximum atomic E-state index is 12.9. The molecule has 2 aliphatic rings. The molecule has 2 fully saturated rings. The Bertz CT molecular complexity index is 622. The summed E-state index contributed by atoms with van der Waals surface area (Å²) in [5.41, 5.74) is 1.06. The zero-order chi connectivity index (χ0) is 18.0. The zero-order valence-electron chi connectivity index (χ0n) is 15.4. The molecule has 1 saturated heterocycles. The molecule has 5 nitrogen and oxygen atoms in total. The van der Waals surface area contributed by atoms with Crippen molar-refractivity contribution in [2.45, 2.75) is 51.1 Å². The first-order valence-corrected chi connectivity index (χ1v) is 9.21. The van der Waals surface area contributed by atoms with Gasteiger partial charge < -0.3 is 14.5 Å². The lowest BCUT2D eigenvalue weighted by atomic mass is 10.0. The van der Waals surface area contributed by atoms with E-state index in [0.29, 0.717) is 19.0 Å². The average molecular weight is 344 g/mol. The van der Waals surface area contributed by atoms with E-state index in [4.69, 9.17) is 4.74 Å². The third kappa shape index (κ3) is 3.65. The van der Waals surface area contributed by atoms with Gasteiger partial charge >= 0.3 is 0 Å². The van der Waals surface area contributed by atoms with Crippen LogP contribution in [0.4, 0.5) is 0 Å². The molecule has 25 heavy (non-hydrogen) atoms. The fraction of sp³-hybridized carbons (Fsp3) is 0.600. The molecule has 0 bridgehead atoms. The highest BCUT2D eigenvalue weighted by atomic mass is 16.5. The summed E-state index contributed by atoms with van der Waals surface area (Å²) in [7, 11) is 3.47. The molecule has 1 aliphatic carbocycles. The van der Waals surface area contributed by atoms with Crippen molar-refractivity contribution in [2.75, 3.05) is 20.7 Å². The van der Waals surface area contributed by atoms with Crippen molar-refractivity contribution in [3.8, 4) is 5.75 Å². The van der Waals surface area contributed by atoms with E-state index in [9.17, 15) is 9.59 Å². The second-order valence-electron chi connectivity index (χ2n) is 7.28. The number of amides is 2. The van der Waals surface area contributed by atoms with Crippen LogP contribution in [0.3, 0.4) is 0 Å². The van der Waals surface area contributed by atoms with Crippen LogP contribution in [0.5, 0.6) is 5.75 Å². The lowest BCUT2D eigenvalue weighted by molar-refractivity contribution is -0.136. The summed E-state index contributed by atoms with van der Waals surface area (Å²) < 4.78 is 5.19. The van der Waals surface area contributed by atoms with Crippen LogP contribution < -0.4 is 4.74 Å². The maximum Gasteiger partial charge on any atom is 0.228 e. The number of benzene rings is 1. The summed E-state index contributed by atoms with van der Waals surface area (Å²) in [6.07, 6.45) is 4.92. The number of likely N-dealkylation sites (tertiary alicyclic amines) is 1. The molecule has 3 rings (SSSR count). The Morgan fingerprint density at radius 3 is 2.48 bits per heavy atom. The summed E-state index contributed by atoms with van der Waals surface area (Å²) in [5, 5.41) is 0. The Hall–Kier alpha value is -2.04. The first-order valence-electron chi connectivity index (χ1n) is 9.21. The van der Waals surface area contributed by atoms with Gasteiger partial charge in [-0.05, 0) is 37.5 Å². The molecular formula is C20H28N2O3. The van der Waals surface area contributed by atoms with E-state index in [2.05, 4.69) is 0 Å². The summed E-state index contributed by atoms with van der Waals surface area (Å²) >= 11 is 0. The van der Waals surface area contributed by atoms with Gasteiger partial charge in [0.25, 0.3) is 0 Å². The lowest BCUT2D eigenvalue weighted by Crippen LogP contribution is -2.38. The highest BCUT2D eigenvalue weighted by Gasteiger charge is 2.40. The van der Waals surface area contributed by atoms with Gasteiger partial charge in [0, 0.05) is 26.1 Å². The number of carbonyl (C=O) groups is 2. The molecule has 0 spiro atoms. The van der Waals surface area contributed by atoms with Crippen LogP contribution in [0.25, 0.3) is 0 Å². The third-order valence-corrected chi connectivity index (χ3v) is 5.80. The molecule has 1 aromatic rings. The van der Waals surface area contributed by atoms with E-state index in [1.165, 1.54) is 12.8 Å². The predicted octanol–water partition coefficient (Wildman–Crippen LogP) is 3.01. The van der Waals surface area contributed by atoms with Gasteiger partial charge in [0.2, 0.25) is 11.8 Å². The summed E-state index contributed by atoms with van der Waals surface area (Å²) in [6, 6.07) is 8.11. The van der Waals surface area contributed by atoms with Crippen LogP contribution in [0.1, 0.15) is 50.6 Å². The van der Waals surface area contributed by atoms with Gasteiger partial charge in [0.05, 0.1) is 19.1 Å². The van der Waals surface area contributed by atoms with Crippen LogP contribution in [-0.2, 0) is 9.59 Å². The monoisotopic (exact) mass is 344 g/mol. The number of methoxy groups -OCH3 is 1. The number of nitrogens with zero attached hydrogens (tertiary/aromatic N) is 2. The Balaban J connectivity index is 1.64. The van der Waals surface area contributed by atoms with Crippen LogP contribution in [0.15, 0.2) is 24.3 Å². The summed E-state index contributed by atoms with van der Waals surface area (Å²) in [5.74, 6) is 0.810. The molecule has 2 atom stereocenters. The van der Waals surface area contributed by atoms with Gasteiger partial charge in [-0.3, -0.25) is 9.59 Å². The van der Waals surface area contributed by atoms with Crippen LogP contribution in [0, 0.1) is 5.92 Å². The summed E-state index contributed by atoms with van der Waals surface area (Å²) in [4.78, 5) is 29.0. The van der Waals surface area contributed by atoms with Gasteiger partial charge in [-0.25, -0.2) is 0 Å². The van der Waals surface area contributed by atoms with Gasteiger partial charge in [-0.2, -0.15) is 0 Å². The minimum absolute atomic E-state index is 0.0333. The molecule has 5 heteroatoms. The smallest absolute Gasteiger partial charge is 0.228 e. The number of ether oxygens (including phenoxy) is 1. The average Bonchev–Trinajstić information content (AvgIpc) is 3.29. The van der Waals surface area contributed by atoms with Gasteiger partial charge in [-0.15, -0.1) is 0 Å². The van der Waals surface area contributed by atoms with E-state index in [1.807, 2.05) is 43.1 Å². The highest BCUT2D eigenvalue weighted by Crippen LogP contribution is 2.31. The maximum absolute atomic E-state index is 12.9. The molecule has 0 radical (unpaired) electrons. The molecule has 0 aromatic heterocycles. The second-order valence-corrected chi connectivity index (χ2v) is 7.28. The SMILES string of the molecule is COc1ccc(C(C)N(C)C(=O)C2CC(=O)N(C3CCCC3)C2)cc1. The fourth-order valence-electron chi connectivity index (χ4n) is 4.05. The molecule has 136 valence electrons. The number of hydrogen-bond acceptors (Lipinski definition) is 3. The minimum Gasteiger partial charge on any atom is -0.497 e. The lowest BCUT2D eigenvalue weighted by Gasteiger charge is -2.29. The highest BCUT2D eigenvalue weighted by molar-refractivity contribution is 5.89. The van der Waals surface area contributed by atoms with Crippen molar-refractivity contribution in [1.82, 2.24) is 9.80 Å². The molecule has 1 heterocycles. The van der Waals surface area contributed by atoms with Gasteiger partial charge in [0.15, 0.2) is 0 Å². The fourth-order valence-corrected chi connectivity index (χ4v) is 4.05. The standard InChI is InChI=1S/C20H28N2O3/c1-14(15-8-10-18(25-3)11-9-15)21(2)20(24)16-12-19(23)22(13-16)17-6-4-5-7-17/h8-11,14,16-17H,4-7,12-13H2,1-3H3. The summed E-state index contributed by atoms with van der Waals surface area (Å²) in [6.45, 7) is 2.60. The van der Waals surface area contributed by atoms with E-state index in [-0.39, 0.29) is 23.8 Å². The number of carbonyl (C=O) groups excluding carboxylic acids is 2. The first kappa shape index (κ1) is 17.8.